The van der Waals surface area contributed by atoms with Crippen LogP contribution in [0.25, 0.3) is 0 Å². The fraction of sp³-hybridized carbons (Fsp3) is 0.595. The largest absolute Gasteiger partial charge is 0.466 e. The third-order valence-corrected chi connectivity index (χ3v) is 8.85. The van der Waals surface area contributed by atoms with Crippen LogP contribution >= 0.6 is 0 Å². The van der Waals surface area contributed by atoms with E-state index in [1.54, 1.807) is 0 Å². The number of carbonyl (C=O) groups excluding carboxylic acids is 1. The van der Waals surface area contributed by atoms with Crippen molar-refractivity contribution in [3.05, 3.63) is 84.1 Å². The van der Waals surface area contributed by atoms with Crippen molar-refractivity contribution in [2.75, 3.05) is 46.0 Å². The van der Waals surface area contributed by atoms with E-state index < -0.39 is 0 Å². The Morgan fingerprint density at radius 1 is 0.791 bits per heavy atom. The van der Waals surface area contributed by atoms with Crippen LogP contribution in [0.4, 0.5) is 0 Å². The van der Waals surface area contributed by atoms with Crippen LogP contribution in [0.5, 0.6) is 0 Å². The number of benzene rings is 2. The highest BCUT2D eigenvalue weighted by Gasteiger charge is 2.48. The van der Waals surface area contributed by atoms with Gasteiger partial charge < -0.3 is 19.1 Å². The molecule has 43 heavy (non-hydrogen) atoms. The predicted octanol–water partition coefficient (Wildman–Crippen LogP) is 7.24. The van der Waals surface area contributed by atoms with Gasteiger partial charge in [0.15, 0.2) is 0 Å². The Morgan fingerprint density at radius 3 is 1.98 bits per heavy atom. The summed E-state index contributed by atoms with van der Waals surface area (Å²) in [5.41, 5.74) is 2.46. The summed E-state index contributed by atoms with van der Waals surface area (Å²) in [5.74, 6) is 0.625. The van der Waals surface area contributed by atoms with Gasteiger partial charge >= 0.3 is 5.97 Å². The first-order chi connectivity index (χ1) is 21.2. The van der Waals surface area contributed by atoms with Crippen molar-refractivity contribution in [1.29, 1.82) is 0 Å². The lowest BCUT2D eigenvalue weighted by atomic mass is 9.67. The van der Waals surface area contributed by atoms with Crippen LogP contribution in [-0.2, 0) is 32.2 Å². The van der Waals surface area contributed by atoms with Gasteiger partial charge in [-0.3, -0.25) is 9.69 Å². The number of likely N-dealkylation sites (tertiary alicyclic amines) is 2. The Kier molecular flexibility index (Phi) is 15.1. The van der Waals surface area contributed by atoms with E-state index in [0.29, 0.717) is 25.2 Å². The first-order valence-electron chi connectivity index (χ1n) is 16.8. The van der Waals surface area contributed by atoms with Gasteiger partial charge in [0, 0.05) is 25.7 Å². The van der Waals surface area contributed by atoms with E-state index in [2.05, 4.69) is 58.5 Å². The Balaban J connectivity index is 0.000000208. The van der Waals surface area contributed by atoms with Gasteiger partial charge in [0.25, 0.3) is 0 Å². The summed E-state index contributed by atoms with van der Waals surface area (Å²) >= 11 is 0. The highest BCUT2D eigenvalue weighted by atomic mass is 16.5. The van der Waals surface area contributed by atoms with E-state index in [1.807, 2.05) is 31.2 Å². The molecule has 3 aliphatic rings. The van der Waals surface area contributed by atoms with Crippen molar-refractivity contribution < 1.29 is 19.0 Å². The summed E-state index contributed by atoms with van der Waals surface area (Å²) in [5, 5.41) is 0. The van der Waals surface area contributed by atoms with Gasteiger partial charge in [-0.2, -0.15) is 0 Å². The van der Waals surface area contributed by atoms with Gasteiger partial charge in [0.1, 0.15) is 0 Å². The van der Waals surface area contributed by atoms with E-state index in [9.17, 15) is 4.79 Å². The second-order valence-electron chi connectivity index (χ2n) is 12.1. The average Bonchev–Trinajstić information content (AvgIpc) is 3.04. The zero-order valence-electron chi connectivity index (χ0n) is 26.4. The predicted molar refractivity (Wildman–Crippen MR) is 173 cm³/mol. The molecule has 0 N–H and O–H groups in total. The van der Waals surface area contributed by atoms with Gasteiger partial charge in [0.05, 0.1) is 32.3 Å². The van der Waals surface area contributed by atoms with Gasteiger partial charge in [0.2, 0.25) is 0 Å². The first kappa shape index (κ1) is 33.2. The number of nitrogens with zero attached hydrogens (tertiary/aromatic N) is 2. The van der Waals surface area contributed by atoms with Crippen molar-refractivity contribution in [2.45, 2.75) is 84.0 Å². The molecule has 2 heterocycles. The number of hydrogen-bond donors (Lipinski definition) is 0. The van der Waals surface area contributed by atoms with E-state index in [4.69, 9.17) is 14.2 Å². The highest BCUT2D eigenvalue weighted by molar-refractivity contribution is 5.74. The second-order valence-corrected chi connectivity index (χ2v) is 12.1. The molecule has 2 aliphatic heterocycles. The summed E-state index contributed by atoms with van der Waals surface area (Å²) in [6.45, 7) is 10.0. The Labute approximate surface area is 260 Å². The maximum absolute atomic E-state index is 12.3. The van der Waals surface area contributed by atoms with Gasteiger partial charge in [-0.25, -0.2) is 0 Å². The second kappa shape index (κ2) is 19.6. The van der Waals surface area contributed by atoms with Crippen molar-refractivity contribution in [1.82, 2.24) is 9.80 Å². The Hall–Kier alpha value is -2.67. The number of hydrogen-bond acceptors (Lipinski definition) is 6. The molecule has 3 atom stereocenters. The third-order valence-electron chi connectivity index (χ3n) is 8.85. The zero-order valence-corrected chi connectivity index (χ0v) is 26.4. The van der Waals surface area contributed by atoms with Gasteiger partial charge in [-0.1, -0.05) is 73.2 Å². The molecule has 2 saturated heterocycles. The molecule has 2 aromatic carbocycles. The lowest BCUT2D eigenvalue weighted by Crippen LogP contribution is -2.58. The van der Waals surface area contributed by atoms with Crippen molar-refractivity contribution >= 4 is 5.97 Å². The van der Waals surface area contributed by atoms with E-state index in [1.165, 1.54) is 62.7 Å². The molecule has 3 unspecified atom stereocenters. The standard InChI is InChI=1S/C21H31NO3.C16H23NO/c1-2-25-21(23)19-15-18(20(19)22-12-7-4-8-13-22)11-14-24-16-17-9-5-3-6-10-17;1-3-9-16(10-4-1)15-18-14-8-7-13-17-11-5-2-6-12-17/h3,5-6,9-10,18-20H,2,4,7-8,11-16H2,1H3;1,3-4,7,9-10,13H,2,5-6,8,11-12,14-15H2/b;13-7+. The minimum atomic E-state index is -0.000438. The number of esters is 1. The molecule has 0 radical (unpaired) electrons. The molecule has 5 rings (SSSR count). The molecule has 0 bridgehead atoms. The number of rotatable bonds is 14. The van der Waals surface area contributed by atoms with Crippen LogP contribution in [0.3, 0.4) is 0 Å². The van der Waals surface area contributed by atoms with Crippen LogP contribution in [0.15, 0.2) is 72.9 Å². The normalized spacial score (nSPS) is 22.4. The molecule has 3 fully saturated rings. The van der Waals surface area contributed by atoms with Crippen molar-refractivity contribution in [3.63, 3.8) is 0 Å². The minimum absolute atomic E-state index is 0.000438. The zero-order chi connectivity index (χ0) is 30.0. The van der Waals surface area contributed by atoms with E-state index in [0.717, 1.165) is 52.2 Å². The molecule has 1 saturated carbocycles. The molecule has 0 amide bonds. The SMILES string of the molecule is C(=C\N1CCCCC1)/CCOCc1ccccc1.CCOC(=O)C1CC(CCOCc2ccccc2)C1N1CCCCC1. The monoisotopic (exact) mass is 590 g/mol. The molecule has 2 aromatic rings. The minimum Gasteiger partial charge on any atom is -0.466 e. The highest BCUT2D eigenvalue weighted by Crippen LogP contribution is 2.42. The van der Waals surface area contributed by atoms with Crippen LogP contribution in [0.1, 0.15) is 75.8 Å². The molecular formula is C37H54N2O4. The molecule has 0 spiro atoms. The van der Waals surface area contributed by atoms with Gasteiger partial charge in [-0.15, -0.1) is 0 Å². The fourth-order valence-electron chi connectivity index (χ4n) is 6.49. The summed E-state index contributed by atoms with van der Waals surface area (Å²) in [6.07, 6.45) is 15.4. The van der Waals surface area contributed by atoms with Crippen molar-refractivity contribution in [2.24, 2.45) is 11.8 Å². The average molecular weight is 591 g/mol. The lowest BCUT2D eigenvalue weighted by Gasteiger charge is -2.50. The topological polar surface area (TPSA) is 51.2 Å². The Bertz CT molecular complexity index is 1040. The fourth-order valence-corrected chi connectivity index (χ4v) is 6.49. The van der Waals surface area contributed by atoms with E-state index >= 15 is 0 Å². The maximum Gasteiger partial charge on any atom is 0.310 e. The van der Waals surface area contributed by atoms with Crippen molar-refractivity contribution in [3.8, 4) is 0 Å². The molecule has 236 valence electrons. The quantitative estimate of drug-likeness (QED) is 0.171. The molecule has 0 aromatic heterocycles. The molecule has 1 aliphatic carbocycles. The molecular weight excluding hydrogens is 536 g/mol. The third kappa shape index (κ3) is 11.7. The lowest BCUT2D eigenvalue weighted by molar-refractivity contribution is -0.160. The smallest absolute Gasteiger partial charge is 0.310 e. The number of carbonyl (C=O) groups is 1. The summed E-state index contributed by atoms with van der Waals surface area (Å²) in [6, 6.07) is 21.0. The molecule has 6 heteroatoms. The summed E-state index contributed by atoms with van der Waals surface area (Å²) < 4.78 is 16.8. The van der Waals surface area contributed by atoms with Crippen LogP contribution < -0.4 is 0 Å². The Morgan fingerprint density at radius 2 is 1.37 bits per heavy atom. The first-order valence-corrected chi connectivity index (χ1v) is 16.8. The number of piperidine rings is 2. The van der Waals surface area contributed by atoms with Crippen LogP contribution in [0.2, 0.25) is 0 Å². The molecule has 6 nitrogen and oxygen atoms in total. The maximum atomic E-state index is 12.3. The van der Waals surface area contributed by atoms with Crippen LogP contribution in [-0.4, -0.2) is 67.8 Å². The summed E-state index contributed by atoms with van der Waals surface area (Å²) in [7, 11) is 0. The summed E-state index contributed by atoms with van der Waals surface area (Å²) in [4.78, 5) is 17.2. The van der Waals surface area contributed by atoms with Gasteiger partial charge in [-0.05, 0) is 94.6 Å². The van der Waals surface area contributed by atoms with E-state index in [-0.39, 0.29) is 11.9 Å². The number of ether oxygens (including phenoxy) is 3. The van der Waals surface area contributed by atoms with Crippen LogP contribution in [0, 0.1) is 11.8 Å².